The fourth-order valence-corrected chi connectivity index (χ4v) is 3.59. The van der Waals surface area contributed by atoms with Crippen molar-refractivity contribution in [3.63, 3.8) is 0 Å². The van der Waals surface area contributed by atoms with Crippen molar-refractivity contribution in [2.75, 3.05) is 13.7 Å². The van der Waals surface area contributed by atoms with E-state index < -0.39 is 0 Å². The van der Waals surface area contributed by atoms with E-state index in [4.69, 9.17) is 4.74 Å². The summed E-state index contributed by atoms with van der Waals surface area (Å²) in [5.41, 5.74) is -0.112. The molecule has 0 bridgehead atoms. The van der Waals surface area contributed by atoms with Crippen LogP contribution in [0.4, 0.5) is 0 Å². The van der Waals surface area contributed by atoms with Crippen LogP contribution in [-0.2, 0) is 11.3 Å². The first-order valence-corrected chi connectivity index (χ1v) is 8.46. The van der Waals surface area contributed by atoms with Crippen LogP contribution >= 0.6 is 0 Å². The minimum Gasteiger partial charge on any atom is -0.376 e. The quantitative estimate of drug-likeness (QED) is 0.836. The summed E-state index contributed by atoms with van der Waals surface area (Å²) in [6.07, 6.45) is 9.85. The number of rotatable bonds is 7. The van der Waals surface area contributed by atoms with Gasteiger partial charge in [0.1, 0.15) is 5.82 Å². The van der Waals surface area contributed by atoms with Crippen molar-refractivity contribution in [2.45, 2.75) is 71.1 Å². The lowest BCUT2D eigenvalue weighted by Gasteiger charge is -2.44. The smallest absolute Gasteiger partial charge is 0.128 e. The maximum absolute atomic E-state index is 6.08. The van der Waals surface area contributed by atoms with Gasteiger partial charge < -0.3 is 14.6 Å². The van der Waals surface area contributed by atoms with Gasteiger partial charge in [-0.15, -0.1) is 0 Å². The predicted molar refractivity (Wildman–Crippen MR) is 86.3 cm³/mol. The molecule has 1 aromatic rings. The van der Waals surface area contributed by atoms with Crippen LogP contribution in [0.5, 0.6) is 0 Å². The molecule has 1 aromatic heterocycles. The third kappa shape index (κ3) is 3.49. The Morgan fingerprint density at radius 1 is 1.43 bits per heavy atom. The molecule has 2 rings (SSSR count). The van der Waals surface area contributed by atoms with Crippen molar-refractivity contribution in [2.24, 2.45) is 5.92 Å². The highest BCUT2D eigenvalue weighted by Gasteiger charge is 2.43. The molecule has 1 aliphatic rings. The molecule has 21 heavy (non-hydrogen) atoms. The lowest BCUT2D eigenvalue weighted by molar-refractivity contribution is -0.0783. The average Bonchev–Trinajstić information content (AvgIpc) is 2.95. The molecule has 4 nitrogen and oxygen atoms in total. The number of aryl methyl sites for hydroxylation is 1. The fourth-order valence-electron chi connectivity index (χ4n) is 3.59. The third-order valence-corrected chi connectivity index (χ3v) is 4.93. The summed E-state index contributed by atoms with van der Waals surface area (Å²) in [6.45, 7) is 8.67. The third-order valence-electron chi connectivity index (χ3n) is 4.93. The molecule has 4 heteroatoms. The van der Waals surface area contributed by atoms with Gasteiger partial charge in [0, 0.05) is 26.0 Å². The Morgan fingerprint density at radius 2 is 2.14 bits per heavy atom. The Bertz CT molecular complexity index is 421. The van der Waals surface area contributed by atoms with E-state index in [0.717, 1.165) is 44.1 Å². The molecule has 1 N–H and O–H groups in total. The standard InChI is InChI=1S/C17H31N3O/c1-5-12-20-13-11-19-16(20)15(18-6-2)17(21-4)9-7-14(3)8-10-17/h11,13-15,18H,5-10,12H2,1-4H3. The summed E-state index contributed by atoms with van der Waals surface area (Å²) in [4.78, 5) is 4.66. The van der Waals surface area contributed by atoms with Gasteiger partial charge in [0.25, 0.3) is 0 Å². The molecule has 0 aliphatic heterocycles. The van der Waals surface area contributed by atoms with Gasteiger partial charge in [-0.25, -0.2) is 4.98 Å². The van der Waals surface area contributed by atoms with E-state index >= 15 is 0 Å². The first kappa shape index (κ1) is 16.5. The van der Waals surface area contributed by atoms with Crippen molar-refractivity contribution in [1.29, 1.82) is 0 Å². The van der Waals surface area contributed by atoms with Crippen molar-refractivity contribution < 1.29 is 4.74 Å². The number of likely N-dealkylation sites (N-methyl/N-ethyl adjacent to an activating group) is 1. The van der Waals surface area contributed by atoms with Crippen LogP contribution in [-0.4, -0.2) is 28.8 Å². The van der Waals surface area contributed by atoms with Gasteiger partial charge in [-0.2, -0.15) is 0 Å². The Morgan fingerprint density at radius 3 is 2.71 bits per heavy atom. The molecule has 0 saturated heterocycles. The Hall–Kier alpha value is -0.870. The highest BCUT2D eigenvalue weighted by atomic mass is 16.5. The van der Waals surface area contributed by atoms with E-state index in [1.165, 1.54) is 12.8 Å². The molecule has 0 amide bonds. The van der Waals surface area contributed by atoms with Crippen molar-refractivity contribution in [3.05, 3.63) is 18.2 Å². The SMILES string of the molecule is CCCn1ccnc1C(NCC)C1(OC)CCC(C)CC1. The number of imidazole rings is 1. The molecule has 0 spiro atoms. The zero-order chi connectivity index (χ0) is 15.3. The van der Waals surface area contributed by atoms with Gasteiger partial charge in [0.05, 0.1) is 11.6 Å². The van der Waals surface area contributed by atoms with Gasteiger partial charge in [-0.3, -0.25) is 0 Å². The number of nitrogens with zero attached hydrogens (tertiary/aromatic N) is 2. The zero-order valence-electron chi connectivity index (χ0n) is 14.1. The van der Waals surface area contributed by atoms with Gasteiger partial charge in [0.15, 0.2) is 0 Å². The minimum atomic E-state index is -0.112. The Kier molecular flexibility index (Phi) is 5.82. The molecule has 1 heterocycles. The van der Waals surface area contributed by atoms with Crippen LogP contribution in [0.3, 0.4) is 0 Å². The largest absolute Gasteiger partial charge is 0.376 e. The molecule has 1 saturated carbocycles. The normalized spacial score (nSPS) is 27.7. The van der Waals surface area contributed by atoms with Crippen molar-refractivity contribution in [1.82, 2.24) is 14.9 Å². The monoisotopic (exact) mass is 293 g/mol. The summed E-state index contributed by atoms with van der Waals surface area (Å²) < 4.78 is 8.37. The Balaban J connectivity index is 2.29. The predicted octanol–water partition coefficient (Wildman–Crippen LogP) is 3.54. The zero-order valence-corrected chi connectivity index (χ0v) is 14.1. The second-order valence-corrected chi connectivity index (χ2v) is 6.42. The van der Waals surface area contributed by atoms with Gasteiger partial charge in [0.2, 0.25) is 0 Å². The number of hydrogen-bond acceptors (Lipinski definition) is 3. The fraction of sp³-hybridized carbons (Fsp3) is 0.824. The number of nitrogens with one attached hydrogen (secondary N) is 1. The minimum absolute atomic E-state index is 0.112. The second kappa shape index (κ2) is 7.41. The maximum atomic E-state index is 6.08. The topological polar surface area (TPSA) is 39.1 Å². The van der Waals surface area contributed by atoms with E-state index in [-0.39, 0.29) is 11.6 Å². The summed E-state index contributed by atoms with van der Waals surface area (Å²) in [5, 5.41) is 3.65. The van der Waals surface area contributed by atoms with Crippen LogP contribution in [0.1, 0.15) is 64.7 Å². The van der Waals surface area contributed by atoms with Gasteiger partial charge in [-0.05, 0) is 44.6 Å². The lowest BCUT2D eigenvalue weighted by Crippen LogP contribution is -2.49. The number of ether oxygens (including phenoxy) is 1. The maximum Gasteiger partial charge on any atom is 0.128 e. The summed E-state index contributed by atoms with van der Waals surface area (Å²) in [7, 11) is 1.87. The van der Waals surface area contributed by atoms with E-state index in [2.05, 4.69) is 41.8 Å². The van der Waals surface area contributed by atoms with E-state index in [1.54, 1.807) is 0 Å². The lowest BCUT2D eigenvalue weighted by atomic mass is 9.75. The van der Waals surface area contributed by atoms with E-state index in [0.29, 0.717) is 0 Å². The van der Waals surface area contributed by atoms with Crippen LogP contribution < -0.4 is 5.32 Å². The Labute approximate surface area is 129 Å². The average molecular weight is 293 g/mol. The second-order valence-electron chi connectivity index (χ2n) is 6.42. The molecular formula is C17H31N3O. The number of aromatic nitrogens is 2. The van der Waals surface area contributed by atoms with E-state index in [1.807, 2.05) is 13.3 Å². The van der Waals surface area contributed by atoms with Crippen molar-refractivity contribution in [3.8, 4) is 0 Å². The molecule has 0 radical (unpaired) electrons. The van der Waals surface area contributed by atoms with Crippen molar-refractivity contribution >= 4 is 0 Å². The van der Waals surface area contributed by atoms with Gasteiger partial charge >= 0.3 is 0 Å². The highest BCUT2D eigenvalue weighted by Crippen LogP contribution is 2.42. The molecule has 0 aromatic carbocycles. The molecule has 1 unspecified atom stereocenters. The molecule has 1 fully saturated rings. The van der Waals surface area contributed by atoms with Crippen LogP contribution in [0.2, 0.25) is 0 Å². The highest BCUT2D eigenvalue weighted by molar-refractivity contribution is 5.09. The first-order chi connectivity index (χ1) is 10.2. The summed E-state index contributed by atoms with van der Waals surface area (Å²) in [5.74, 6) is 1.95. The number of methoxy groups -OCH3 is 1. The summed E-state index contributed by atoms with van der Waals surface area (Å²) >= 11 is 0. The molecule has 1 aliphatic carbocycles. The summed E-state index contributed by atoms with van der Waals surface area (Å²) in [6, 6.07) is 0.182. The van der Waals surface area contributed by atoms with Gasteiger partial charge in [-0.1, -0.05) is 20.8 Å². The van der Waals surface area contributed by atoms with E-state index in [9.17, 15) is 0 Å². The molecular weight excluding hydrogens is 262 g/mol. The number of hydrogen-bond donors (Lipinski definition) is 1. The first-order valence-electron chi connectivity index (χ1n) is 8.46. The van der Waals surface area contributed by atoms with Crippen LogP contribution in [0, 0.1) is 5.92 Å². The molecule has 120 valence electrons. The molecule has 1 atom stereocenters. The van der Waals surface area contributed by atoms with Crippen LogP contribution in [0.25, 0.3) is 0 Å². The van der Waals surface area contributed by atoms with Crippen LogP contribution in [0.15, 0.2) is 12.4 Å².